The standard InChI is InChI=1S/C24H23B2F3N2O/c1-18-6-2-3-7-19(18)17-31(23(25,26)21-8-4-13-30-16-21)14-5-15-32-22-11-9-20(10-12-22)24(27,28)29/h2-4,6-13,16H,5,14-15,17H2,1H3. The lowest BCUT2D eigenvalue weighted by Gasteiger charge is -2.40. The minimum Gasteiger partial charge on any atom is -0.494 e. The summed E-state index contributed by atoms with van der Waals surface area (Å²) in [4.78, 5) is 6.07. The number of aryl methyl sites for hydroxylation is 1. The lowest BCUT2D eigenvalue weighted by molar-refractivity contribution is -0.137. The van der Waals surface area contributed by atoms with Crippen molar-refractivity contribution in [2.24, 2.45) is 0 Å². The monoisotopic (exact) mass is 434 g/mol. The third kappa shape index (κ3) is 6.16. The van der Waals surface area contributed by atoms with Crippen LogP contribution in [0.4, 0.5) is 13.2 Å². The van der Waals surface area contributed by atoms with E-state index in [1.165, 1.54) is 12.1 Å². The SMILES string of the molecule is [B]C([B])(c1cccnc1)N(CCCOc1ccc(C(F)(F)F)cc1)Cc1ccccc1C. The third-order valence-electron chi connectivity index (χ3n) is 5.29. The van der Waals surface area contributed by atoms with Crippen LogP contribution < -0.4 is 4.74 Å². The highest BCUT2D eigenvalue weighted by atomic mass is 19.4. The molecule has 3 nitrogen and oxygen atoms in total. The van der Waals surface area contributed by atoms with Crippen molar-refractivity contribution in [2.45, 2.75) is 31.4 Å². The van der Waals surface area contributed by atoms with Crippen LogP contribution in [0.5, 0.6) is 5.75 Å². The summed E-state index contributed by atoms with van der Waals surface area (Å²) in [6.45, 7) is 3.37. The molecule has 0 amide bonds. The van der Waals surface area contributed by atoms with Crippen LogP contribution >= 0.6 is 0 Å². The van der Waals surface area contributed by atoms with Crippen LogP contribution in [0.2, 0.25) is 0 Å². The summed E-state index contributed by atoms with van der Waals surface area (Å²) in [6, 6.07) is 16.3. The van der Waals surface area contributed by atoms with Crippen molar-refractivity contribution < 1.29 is 17.9 Å². The van der Waals surface area contributed by atoms with Crippen LogP contribution in [-0.2, 0) is 18.1 Å². The van der Waals surface area contributed by atoms with Crippen LogP contribution in [0.15, 0.2) is 73.1 Å². The molecule has 3 rings (SSSR count). The maximum Gasteiger partial charge on any atom is 0.416 e. The first kappa shape index (κ1) is 23.9. The highest BCUT2D eigenvalue weighted by molar-refractivity contribution is 6.39. The van der Waals surface area contributed by atoms with Gasteiger partial charge in [0.2, 0.25) is 0 Å². The van der Waals surface area contributed by atoms with E-state index < -0.39 is 17.1 Å². The number of aromatic nitrogens is 1. The first-order valence-corrected chi connectivity index (χ1v) is 10.3. The zero-order valence-electron chi connectivity index (χ0n) is 17.8. The maximum atomic E-state index is 12.7. The van der Waals surface area contributed by atoms with E-state index in [1.54, 1.807) is 18.5 Å². The van der Waals surface area contributed by atoms with Gasteiger partial charge in [-0.1, -0.05) is 30.3 Å². The average Bonchev–Trinajstić information content (AvgIpc) is 2.77. The van der Waals surface area contributed by atoms with Crippen molar-refractivity contribution in [1.82, 2.24) is 9.88 Å². The van der Waals surface area contributed by atoms with E-state index in [0.29, 0.717) is 37.4 Å². The summed E-state index contributed by atoms with van der Waals surface area (Å²) in [6.07, 6.45) is -0.498. The Balaban J connectivity index is 1.67. The Morgan fingerprint density at radius 2 is 1.66 bits per heavy atom. The van der Waals surface area contributed by atoms with Crippen molar-refractivity contribution in [1.29, 1.82) is 0 Å². The Morgan fingerprint density at radius 1 is 0.938 bits per heavy atom. The lowest BCUT2D eigenvalue weighted by atomic mass is 9.57. The normalized spacial score (nSPS) is 12.2. The molecule has 0 unspecified atom stereocenters. The summed E-state index contributed by atoms with van der Waals surface area (Å²) >= 11 is 0. The number of pyridine rings is 1. The minimum atomic E-state index is -4.37. The largest absolute Gasteiger partial charge is 0.494 e. The summed E-state index contributed by atoms with van der Waals surface area (Å²) in [5.41, 5.74) is 2.19. The second-order valence-electron chi connectivity index (χ2n) is 7.64. The number of halogens is 3. The number of nitrogens with zero attached hydrogens (tertiary/aromatic N) is 2. The maximum absolute atomic E-state index is 12.7. The van der Waals surface area contributed by atoms with Crippen LogP contribution in [0.1, 0.15) is 28.7 Å². The van der Waals surface area contributed by atoms with Gasteiger partial charge in [0.25, 0.3) is 0 Å². The molecular formula is C24H23B2F3N2O. The van der Waals surface area contributed by atoms with E-state index in [-0.39, 0.29) is 0 Å². The van der Waals surface area contributed by atoms with Gasteiger partial charge in [0.1, 0.15) is 5.75 Å². The molecule has 1 aromatic heterocycles. The van der Waals surface area contributed by atoms with Gasteiger partial charge in [0.05, 0.1) is 27.9 Å². The van der Waals surface area contributed by atoms with E-state index in [0.717, 1.165) is 23.3 Å². The Hall–Kier alpha value is -2.73. The Morgan fingerprint density at radius 3 is 2.28 bits per heavy atom. The van der Waals surface area contributed by atoms with Gasteiger partial charge in [-0.25, -0.2) is 0 Å². The van der Waals surface area contributed by atoms with Crippen LogP contribution in [0, 0.1) is 6.92 Å². The molecule has 2 aromatic carbocycles. The molecule has 8 heteroatoms. The van der Waals surface area contributed by atoms with Crippen molar-refractivity contribution in [2.75, 3.05) is 13.2 Å². The fraction of sp³-hybridized carbons (Fsp3) is 0.292. The fourth-order valence-corrected chi connectivity index (χ4v) is 3.36. The van der Waals surface area contributed by atoms with E-state index >= 15 is 0 Å². The molecule has 32 heavy (non-hydrogen) atoms. The average molecular weight is 434 g/mol. The summed E-state index contributed by atoms with van der Waals surface area (Å²) in [7, 11) is 13.1. The number of ether oxygens (including phenoxy) is 1. The smallest absolute Gasteiger partial charge is 0.416 e. The molecule has 0 atom stereocenters. The number of alkyl halides is 3. The van der Waals surface area contributed by atoms with Gasteiger partial charge in [-0.3, -0.25) is 4.98 Å². The predicted molar refractivity (Wildman–Crippen MR) is 121 cm³/mol. The first-order valence-electron chi connectivity index (χ1n) is 10.3. The second kappa shape index (κ2) is 10.3. The highest BCUT2D eigenvalue weighted by Gasteiger charge is 2.30. The summed E-state index contributed by atoms with van der Waals surface area (Å²) in [5.74, 6) is 0.377. The molecule has 3 aromatic rings. The van der Waals surface area contributed by atoms with E-state index in [9.17, 15) is 13.2 Å². The van der Waals surface area contributed by atoms with Gasteiger partial charge in [-0.2, -0.15) is 13.2 Å². The third-order valence-corrected chi connectivity index (χ3v) is 5.29. The van der Waals surface area contributed by atoms with Crippen molar-refractivity contribution in [3.05, 3.63) is 95.3 Å². The number of hydrogen-bond donors (Lipinski definition) is 0. The predicted octanol–water partition coefficient (Wildman–Crippen LogP) is 4.83. The molecule has 0 bridgehead atoms. The molecule has 0 saturated carbocycles. The van der Waals surface area contributed by atoms with E-state index in [4.69, 9.17) is 20.4 Å². The van der Waals surface area contributed by atoms with Gasteiger partial charge >= 0.3 is 6.18 Å². The molecule has 0 fully saturated rings. The number of rotatable bonds is 9. The lowest BCUT2D eigenvalue weighted by Crippen LogP contribution is -2.47. The minimum absolute atomic E-state index is 0.304. The van der Waals surface area contributed by atoms with Gasteiger partial charge in [0, 0.05) is 25.5 Å². The van der Waals surface area contributed by atoms with Crippen molar-refractivity contribution in [3.63, 3.8) is 0 Å². The summed E-state index contributed by atoms with van der Waals surface area (Å²) in [5, 5.41) is -1.26. The van der Waals surface area contributed by atoms with E-state index in [1.807, 2.05) is 42.2 Å². The van der Waals surface area contributed by atoms with Gasteiger partial charge in [0.15, 0.2) is 0 Å². The van der Waals surface area contributed by atoms with Gasteiger partial charge in [-0.15, -0.1) is 0 Å². The molecule has 0 aliphatic heterocycles. The number of benzene rings is 2. The molecule has 0 N–H and O–H groups in total. The van der Waals surface area contributed by atoms with E-state index in [2.05, 4.69) is 4.98 Å². The quantitative estimate of drug-likeness (QED) is 0.357. The van der Waals surface area contributed by atoms with Crippen LogP contribution in [-0.4, -0.2) is 38.7 Å². The Kier molecular flexibility index (Phi) is 7.67. The topological polar surface area (TPSA) is 25.4 Å². The molecule has 0 aliphatic rings. The molecule has 0 aliphatic carbocycles. The van der Waals surface area contributed by atoms with Crippen LogP contribution in [0.3, 0.4) is 0 Å². The van der Waals surface area contributed by atoms with Gasteiger partial charge < -0.3 is 9.64 Å². The fourth-order valence-electron chi connectivity index (χ4n) is 3.36. The molecule has 162 valence electrons. The molecule has 1 heterocycles. The Labute approximate surface area is 189 Å². The highest BCUT2D eigenvalue weighted by Crippen LogP contribution is 2.30. The van der Waals surface area contributed by atoms with Gasteiger partial charge in [-0.05, 0) is 65.7 Å². The zero-order chi connectivity index (χ0) is 23.2. The molecular weight excluding hydrogens is 411 g/mol. The zero-order valence-corrected chi connectivity index (χ0v) is 17.8. The van der Waals surface area contributed by atoms with Crippen LogP contribution in [0.25, 0.3) is 0 Å². The number of hydrogen-bond acceptors (Lipinski definition) is 3. The second-order valence-corrected chi connectivity index (χ2v) is 7.64. The van der Waals surface area contributed by atoms with Crippen molar-refractivity contribution in [3.8, 4) is 5.75 Å². The van der Waals surface area contributed by atoms with Crippen molar-refractivity contribution >= 4 is 15.7 Å². The summed E-state index contributed by atoms with van der Waals surface area (Å²) < 4.78 is 43.7. The molecule has 0 saturated heterocycles. The molecule has 4 radical (unpaired) electrons. The first-order chi connectivity index (χ1) is 15.2. The Bertz CT molecular complexity index is 996. The molecule has 0 spiro atoms.